The Morgan fingerprint density at radius 2 is 1.53 bits per heavy atom. The molecule has 0 radical (unpaired) electrons. The first-order valence-electron chi connectivity index (χ1n) is 4.56. The standard InChI is InChI=1S/C7H5ClO.C6H4Cl.Na/c8-7(9)6-4-2-1-3-5-6;7-6-4-2-1-3-5-6;/h1-5H;2-5H;/q;-1;+1. The van der Waals surface area contributed by atoms with Gasteiger partial charge in [0.1, 0.15) is 0 Å². The van der Waals surface area contributed by atoms with Crippen LogP contribution in [0.2, 0.25) is 5.02 Å². The maximum atomic E-state index is 10.4. The van der Waals surface area contributed by atoms with Gasteiger partial charge in [0.2, 0.25) is 0 Å². The van der Waals surface area contributed by atoms with Gasteiger partial charge in [-0.3, -0.25) is 4.79 Å². The molecule has 0 saturated carbocycles. The van der Waals surface area contributed by atoms with Crippen molar-refractivity contribution in [2.75, 3.05) is 0 Å². The van der Waals surface area contributed by atoms with E-state index in [0.717, 1.165) is 5.02 Å². The Labute approximate surface area is 133 Å². The molecule has 1 nitrogen and oxygen atoms in total. The summed E-state index contributed by atoms with van der Waals surface area (Å²) in [6.45, 7) is 0. The third kappa shape index (κ3) is 7.58. The van der Waals surface area contributed by atoms with Crippen LogP contribution in [0.3, 0.4) is 0 Å². The van der Waals surface area contributed by atoms with Gasteiger partial charge in [-0.15, -0.1) is 11.6 Å². The van der Waals surface area contributed by atoms with Crippen LogP contribution in [-0.4, -0.2) is 5.24 Å². The molecule has 0 fully saturated rings. The van der Waals surface area contributed by atoms with Crippen molar-refractivity contribution >= 4 is 28.4 Å². The summed E-state index contributed by atoms with van der Waals surface area (Å²) in [6.07, 6.45) is 0. The van der Waals surface area contributed by atoms with Crippen LogP contribution in [0, 0.1) is 6.07 Å². The SMILES string of the molecule is Clc1cc[c-]cc1.O=C(Cl)c1ccccc1.[Na+]. The number of hydrogen-bond donors (Lipinski definition) is 0. The van der Waals surface area contributed by atoms with Crippen LogP contribution in [-0.2, 0) is 0 Å². The third-order valence-electron chi connectivity index (χ3n) is 1.68. The molecule has 0 heterocycles. The zero-order chi connectivity index (χ0) is 11.8. The quantitative estimate of drug-likeness (QED) is 0.434. The van der Waals surface area contributed by atoms with E-state index >= 15 is 0 Å². The first kappa shape index (κ1) is 16.7. The summed E-state index contributed by atoms with van der Waals surface area (Å²) in [5.74, 6) is 0. The van der Waals surface area contributed by atoms with Gasteiger partial charge in [-0.05, 0) is 11.6 Å². The molecule has 0 unspecified atom stereocenters. The second-order valence-electron chi connectivity index (χ2n) is 2.86. The molecule has 0 aliphatic carbocycles. The molecular formula is C13H9Cl2NaO. The molecule has 0 aliphatic rings. The minimum atomic E-state index is -0.407. The van der Waals surface area contributed by atoms with Gasteiger partial charge in [-0.1, -0.05) is 35.4 Å². The van der Waals surface area contributed by atoms with Gasteiger partial charge in [-0.25, -0.2) is 0 Å². The number of halogens is 2. The molecule has 0 N–H and O–H groups in total. The van der Waals surface area contributed by atoms with Crippen LogP contribution in [0.1, 0.15) is 10.4 Å². The largest absolute Gasteiger partial charge is 1.00 e. The molecule has 4 heteroatoms. The molecule has 17 heavy (non-hydrogen) atoms. The zero-order valence-corrected chi connectivity index (χ0v) is 12.9. The van der Waals surface area contributed by atoms with Crippen LogP contribution in [0.25, 0.3) is 0 Å². The molecule has 0 spiro atoms. The van der Waals surface area contributed by atoms with Crippen molar-refractivity contribution in [2.45, 2.75) is 0 Å². The van der Waals surface area contributed by atoms with E-state index in [2.05, 4.69) is 6.07 Å². The van der Waals surface area contributed by atoms with Crippen LogP contribution < -0.4 is 29.6 Å². The van der Waals surface area contributed by atoms with E-state index in [-0.39, 0.29) is 29.6 Å². The molecule has 2 aromatic rings. The molecule has 2 rings (SSSR count). The Kier molecular flexibility index (Phi) is 9.52. The molecule has 0 aromatic heterocycles. The number of rotatable bonds is 1. The Balaban J connectivity index is 0.000000292. The molecular weight excluding hydrogens is 266 g/mol. The molecule has 0 bridgehead atoms. The summed E-state index contributed by atoms with van der Waals surface area (Å²) in [4.78, 5) is 10.4. The average molecular weight is 275 g/mol. The minimum Gasteiger partial charge on any atom is -0.276 e. The third-order valence-corrected chi connectivity index (χ3v) is 2.15. The van der Waals surface area contributed by atoms with Gasteiger partial charge in [0.05, 0.1) is 0 Å². The average Bonchev–Trinajstić information content (AvgIpc) is 2.32. The van der Waals surface area contributed by atoms with E-state index in [1.807, 2.05) is 6.07 Å². The smallest absolute Gasteiger partial charge is 0.276 e. The van der Waals surface area contributed by atoms with Gasteiger partial charge in [0.25, 0.3) is 5.24 Å². The van der Waals surface area contributed by atoms with Gasteiger partial charge < -0.3 is 0 Å². The van der Waals surface area contributed by atoms with E-state index in [4.69, 9.17) is 23.2 Å². The number of carbonyl (C=O) groups is 1. The van der Waals surface area contributed by atoms with Crippen LogP contribution in [0.15, 0.2) is 54.6 Å². The summed E-state index contributed by atoms with van der Waals surface area (Å²) >= 11 is 10.7. The summed E-state index contributed by atoms with van der Waals surface area (Å²) in [5, 5.41) is 0.356. The molecule has 0 aliphatic heterocycles. The Bertz CT molecular complexity index is 432. The van der Waals surface area contributed by atoms with Crippen LogP contribution in [0.4, 0.5) is 0 Å². The topological polar surface area (TPSA) is 17.1 Å². The summed E-state index contributed by atoms with van der Waals surface area (Å²) < 4.78 is 0. The van der Waals surface area contributed by atoms with Gasteiger partial charge in [0.15, 0.2) is 0 Å². The predicted molar refractivity (Wildman–Crippen MR) is 66.9 cm³/mol. The number of hydrogen-bond acceptors (Lipinski definition) is 1. The van der Waals surface area contributed by atoms with Gasteiger partial charge in [0, 0.05) is 5.56 Å². The van der Waals surface area contributed by atoms with Gasteiger partial charge in [-0.2, -0.15) is 30.3 Å². The fourth-order valence-corrected chi connectivity index (χ4v) is 1.19. The second kappa shape index (κ2) is 9.69. The fourth-order valence-electron chi connectivity index (χ4n) is 0.936. The van der Waals surface area contributed by atoms with Crippen molar-refractivity contribution in [3.63, 3.8) is 0 Å². The Hall–Kier alpha value is -0.310. The van der Waals surface area contributed by atoms with E-state index < -0.39 is 5.24 Å². The van der Waals surface area contributed by atoms with E-state index in [9.17, 15) is 4.79 Å². The van der Waals surface area contributed by atoms with Gasteiger partial charge >= 0.3 is 29.6 Å². The van der Waals surface area contributed by atoms with Crippen molar-refractivity contribution in [3.05, 3.63) is 71.2 Å². The van der Waals surface area contributed by atoms with Crippen LogP contribution >= 0.6 is 23.2 Å². The first-order chi connectivity index (χ1) is 7.70. The monoisotopic (exact) mass is 274 g/mol. The predicted octanol–water partition coefficient (Wildman–Crippen LogP) is 1.21. The second-order valence-corrected chi connectivity index (χ2v) is 3.64. The molecule has 2 aromatic carbocycles. The maximum absolute atomic E-state index is 10.4. The fraction of sp³-hybridized carbons (Fsp3) is 0. The molecule has 0 atom stereocenters. The number of carbonyl (C=O) groups excluding carboxylic acids is 1. The number of benzene rings is 2. The summed E-state index contributed by atoms with van der Waals surface area (Å²) in [5.41, 5.74) is 0.541. The van der Waals surface area contributed by atoms with Crippen molar-refractivity contribution in [2.24, 2.45) is 0 Å². The summed E-state index contributed by atoms with van der Waals surface area (Å²) in [7, 11) is 0. The van der Waals surface area contributed by atoms with E-state index in [1.165, 1.54) is 0 Å². The Morgan fingerprint density at radius 3 is 1.82 bits per heavy atom. The summed E-state index contributed by atoms with van der Waals surface area (Å²) in [6, 6.07) is 18.7. The van der Waals surface area contributed by atoms with Crippen LogP contribution in [0.5, 0.6) is 0 Å². The Morgan fingerprint density at radius 1 is 1.00 bits per heavy atom. The maximum Gasteiger partial charge on any atom is 1.00 e. The molecule has 0 amide bonds. The minimum absolute atomic E-state index is 0. The zero-order valence-electron chi connectivity index (χ0n) is 9.36. The molecule has 0 saturated heterocycles. The van der Waals surface area contributed by atoms with Crippen molar-refractivity contribution < 1.29 is 34.4 Å². The molecule has 82 valence electrons. The van der Waals surface area contributed by atoms with E-state index in [1.54, 1.807) is 48.5 Å². The van der Waals surface area contributed by atoms with Crippen molar-refractivity contribution in [1.82, 2.24) is 0 Å². The van der Waals surface area contributed by atoms with Crippen molar-refractivity contribution in [1.29, 1.82) is 0 Å². The normalized spacial score (nSPS) is 8.35. The first-order valence-corrected chi connectivity index (χ1v) is 5.32. The van der Waals surface area contributed by atoms with Crippen molar-refractivity contribution in [3.8, 4) is 0 Å². The van der Waals surface area contributed by atoms with E-state index in [0.29, 0.717) is 5.56 Å².